The van der Waals surface area contributed by atoms with Gasteiger partial charge < -0.3 is 15.3 Å². The molecule has 5 nitrogen and oxygen atoms in total. The van der Waals surface area contributed by atoms with Gasteiger partial charge in [0, 0.05) is 25.0 Å². The van der Waals surface area contributed by atoms with Gasteiger partial charge in [-0.3, -0.25) is 4.79 Å². The molecule has 1 aromatic carbocycles. The maximum atomic E-state index is 12.2. The number of rotatable bonds is 3. The van der Waals surface area contributed by atoms with Crippen LogP contribution in [0.3, 0.4) is 0 Å². The van der Waals surface area contributed by atoms with Crippen LogP contribution in [0.5, 0.6) is 5.75 Å². The van der Waals surface area contributed by atoms with E-state index in [9.17, 15) is 15.2 Å². The largest absolute Gasteiger partial charge is 0.508 e. The van der Waals surface area contributed by atoms with Crippen LogP contribution in [-0.4, -0.2) is 29.0 Å². The number of aromatic hydroxyl groups is 1. The lowest BCUT2D eigenvalue weighted by Gasteiger charge is -2.29. The molecule has 0 aliphatic carbocycles. The molecule has 22 heavy (non-hydrogen) atoms. The highest BCUT2D eigenvalue weighted by atomic mass is 16.3. The van der Waals surface area contributed by atoms with Crippen LogP contribution in [0.15, 0.2) is 30.0 Å². The number of anilines is 1. The average Bonchev–Trinajstić information content (AvgIpc) is 2.49. The van der Waals surface area contributed by atoms with Crippen molar-refractivity contribution in [2.24, 2.45) is 5.92 Å². The third-order valence-corrected chi connectivity index (χ3v) is 3.95. The molecule has 1 amide bonds. The molecule has 2 rings (SSSR count). The standard InChI is InChI=1S/C17H21N3O2/c1-12-5-7-20(8-6-12)11-14(10-18)17(22)19-16-4-3-15(21)9-13(16)2/h3-4,9,11-12,21H,5-8H2,1-2H3,(H,19,22)/b14-11-. The highest BCUT2D eigenvalue weighted by molar-refractivity contribution is 6.06. The number of phenols is 1. The lowest BCUT2D eigenvalue weighted by molar-refractivity contribution is -0.112. The molecule has 2 N–H and O–H groups in total. The first-order chi connectivity index (χ1) is 10.5. The van der Waals surface area contributed by atoms with Gasteiger partial charge in [-0.1, -0.05) is 6.92 Å². The fourth-order valence-electron chi connectivity index (χ4n) is 2.46. The fourth-order valence-corrected chi connectivity index (χ4v) is 2.46. The minimum absolute atomic E-state index is 0.0991. The Bertz CT molecular complexity index is 623. The van der Waals surface area contributed by atoms with Crippen LogP contribution in [0, 0.1) is 24.2 Å². The van der Waals surface area contributed by atoms with E-state index in [4.69, 9.17) is 0 Å². The van der Waals surface area contributed by atoms with Crippen molar-refractivity contribution in [1.82, 2.24) is 4.90 Å². The number of nitrogens with one attached hydrogen (secondary N) is 1. The van der Waals surface area contributed by atoms with Gasteiger partial charge in [0.15, 0.2) is 0 Å². The topological polar surface area (TPSA) is 76.4 Å². The van der Waals surface area contributed by atoms with E-state index in [0.717, 1.165) is 31.5 Å². The summed E-state index contributed by atoms with van der Waals surface area (Å²) in [4.78, 5) is 14.3. The first-order valence-electron chi connectivity index (χ1n) is 7.46. The SMILES string of the molecule is Cc1cc(O)ccc1NC(=O)/C(C#N)=C\N1CCC(C)CC1. The van der Waals surface area contributed by atoms with Crippen molar-refractivity contribution in [3.63, 3.8) is 0 Å². The molecule has 0 bridgehead atoms. The Labute approximate surface area is 130 Å². The Kier molecular flexibility index (Phi) is 5.05. The number of amides is 1. The molecule has 5 heteroatoms. The van der Waals surface area contributed by atoms with Crippen molar-refractivity contribution in [1.29, 1.82) is 5.26 Å². The summed E-state index contributed by atoms with van der Waals surface area (Å²) in [6, 6.07) is 6.67. The van der Waals surface area contributed by atoms with Crippen molar-refractivity contribution in [3.05, 3.63) is 35.5 Å². The quantitative estimate of drug-likeness (QED) is 0.511. The molecular formula is C17H21N3O2. The van der Waals surface area contributed by atoms with E-state index in [2.05, 4.69) is 12.2 Å². The second kappa shape index (κ2) is 6.99. The van der Waals surface area contributed by atoms with Crippen LogP contribution in [0.2, 0.25) is 0 Å². The van der Waals surface area contributed by atoms with Gasteiger partial charge in [0.2, 0.25) is 0 Å². The highest BCUT2D eigenvalue weighted by Gasteiger charge is 2.16. The molecule has 1 aromatic rings. The van der Waals surface area contributed by atoms with Crippen LogP contribution in [0.25, 0.3) is 0 Å². The summed E-state index contributed by atoms with van der Waals surface area (Å²) in [6.07, 6.45) is 3.80. The number of nitrogens with zero attached hydrogens (tertiary/aromatic N) is 2. The number of hydrogen-bond donors (Lipinski definition) is 2. The van der Waals surface area contributed by atoms with Gasteiger partial charge in [-0.15, -0.1) is 0 Å². The minimum Gasteiger partial charge on any atom is -0.508 e. The van der Waals surface area contributed by atoms with E-state index >= 15 is 0 Å². The third-order valence-electron chi connectivity index (χ3n) is 3.95. The number of hydrogen-bond acceptors (Lipinski definition) is 4. The van der Waals surface area contributed by atoms with E-state index in [-0.39, 0.29) is 11.3 Å². The highest BCUT2D eigenvalue weighted by Crippen LogP contribution is 2.21. The van der Waals surface area contributed by atoms with Gasteiger partial charge in [-0.2, -0.15) is 5.26 Å². The van der Waals surface area contributed by atoms with Gasteiger partial charge >= 0.3 is 0 Å². The molecule has 0 saturated carbocycles. The number of likely N-dealkylation sites (tertiary alicyclic amines) is 1. The lowest BCUT2D eigenvalue weighted by Crippen LogP contribution is -2.29. The third kappa shape index (κ3) is 4.01. The number of nitriles is 1. The van der Waals surface area contributed by atoms with Crippen molar-refractivity contribution < 1.29 is 9.90 Å². The van der Waals surface area contributed by atoms with E-state index in [0.29, 0.717) is 11.6 Å². The number of benzene rings is 1. The molecular weight excluding hydrogens is 278 g/mol. The van der Waals surface area contributed by atoms with Crippen LogP contribution in [0.4, 0.5) is 5.69 Å². The second-order valence-electron chi connectivity index (χ2n) is 5.83. The normalized spacial score (nSPS) is 16.2. The zero-order valence-corrected chi connectivity index (χ0v) is 13.0. The van der Waals surface area contributed by atoms with Crippen LogP contribution in [0.1, 0.15) is 25.3 Å². The molecule has 1 aliphatic rings. The Morgan fingerprint density at radius 2 is 2.14 bits per heavy atom. The molecule has 1 heterocycles. The predicted octanol–water partition coefficient (Wildman–Crippen LogP) is 2.78. The second-order valence-corrected chi connectivity index (χ2v) is 5.83. The van der Waals surface area contributed by atoms with Gasteiger partial charge in [-0.05, 0) is 49.4 Å². The zero-order valence-electron chi connectivity index (χ0n) is 13.0. The lowest BCUT2D eigenvalue weighted by atomic mass is 9.99. The molecule has 0 spiro atoms. The molecule has 0 unspecified atom stereocenters. The van der Waals surface area contributed by atoms with E-state index in [1.807, 2.05) is 11.0 Å². The summed E-state index contributed by atoms with van der Waals surface area (Å²) in [7, 11) is 0. The Balaban J connectivity index is 2.07. The summed E-state index contributed by atoms with van der Waals surface area (Å²) >= 11 is 0. The fraction of sp³-hybridized carbons (Fsp3) is 0.412. The van der Waals surface area contributed by atoms with E-state index in [1.54, 1.807) is 25.3 Å². The Morgan fingerprint density at radius 1 is 1.45 bits per heavy atom. The molecule has 1 saturated heterocycles. The van der Waals surface area contributed by atoms with E-state index in [1.165, 1.54) is 6.07 Å². The van der Waals surface area contributed by atoms with Crippen molar-refractivity contribution in [2.45, 2.75) is 26.7 Å². The number of piperidine rings is 1. The van der Waals surface area contributed by atoms with Crippen molar-refractivity contribution in [3.8, 4) is 11.8 Å². The monoisotopic (exact) mass is 299 g/mol. The smallest absolute Gasteiger partial charge is 0.267 e. The summed E-state index contributed by atoms with van der Waals surface area (Å²) in [5.41, 5.74) is 1.44. The summed E-state index contributed by atoms with van der Waals surface area (Å²) in [5.74, 6) is 0.424. The van der Waals surface area contributed by atoms with Crippen molar-refractivity contribution >= 4 is 11.6 Å². The summed E-state index contributed by atoms with van der Waals surface area (Å²) in [6.45, 7) is 5.75. The Hall–Kier alpha value is -2.48. The number of phenolic OH excluding ortho intramolecular Hbond substituents is 1. The van der Waals surface area contributed by atoms with E-state index < -0.39 is 5.91 Å². The number of carbonyl (C=O) groups excluding carboxylic acids is 1. The molecule has 1 fully saturated rings. The van der Waals surface area contributed by atoms with Crippen LogP contribution in [-0.2, 0) is 4.79 Å². The van der Waals surface area contributed by atoms with Crippen LogP contribution >= 0.6 is 0 Å². The first-order valence-corrected chi connectivity index (χ1v) is 7.46. The van der Waals surface area contributed by atoms with Gasteiger partial charge in [0.1, 0.15) is 17.4 Å². The van der Waals surface area contributed by atoms with Gasteiger partial charge in [0.25, 0.3) is 5.91 Å². The van der Waals surface area contributed by atoms with Gasteiger partial charge in [-0.25, -0.2) is 0 Å². The molecule has 0 radical (unpaired) electrons. The average molecular weight is 299 g/mol. The molecule has 116 valence electrons. The summed E-state index contributed by atoms with van der Waals surface area (Å²) < 4.78 is 0. The van der Waals surface area contributed by atoms with Crippen molar-refractivity contribution in [2.75, 3.05) is 18.4 Å². The first kappa shape index (κ1) is 15.9. The maximum absolute atomic E-state index is 12.2. The van der Waals surface area contributed by atoms with Gasteiger partial charge in [0.05, 0.1) is 0 Å². The Morgan fingerprint density at radius 3 is 2.73 bits per heavy atom. The minimum atomic E-state index is -0.421. The zero-order chi connectivity index (χ0) is 16.1. The summed E-state index contributed by atoms with van der Waals surface area (Å²) in [5, 5.41) is 21.3. The molecule has 0 aromatic heterocycles. The molecule has 0 atom stereocenters. The number of aryl methyl sites for hydroxylation is 1. The molecule has 1 aliphatic heterocycles. The maximum Gasteiger partial charge on any atom is 0.267 e. The number of carbonyl (C=O) groups is 1. The van der Waals surface area contributed by atoms with Crippen LogP contribution < -0.4 is 5.32 Å². The predicted molar refractivity (Wildman–Crippen MR) is 85.1 cm³/mol.